The zero-order valence-electron chi connectivity index (χ0n) is 11.6. The summed E-state index contributed by atoms with van der Waals surface area (Å²) in [6.45, 7) is 0.429. The van der Waals surface area contributed by atoms with Crippen LogP contribution in [0.25, 0.3) is 11.3 Å². The molecular weight excluding hydrogens is 344 g/mol. The number of furan rings is 1. The summed E-state index contributed by atoms with van der Waals surface area (Å²) in [5, 5.41) is 2.88. The predicted octanol–water partition coefficient (Wildman–Crippen LogP) is 4.03. The number of nitrogens with zero attached hydrogens (tertiary/aromatic N) is 1. The summed E-state index contributed by atoms with van der Waals surface area (Å²) in [4.78, 5) is 16.5. The highest BCUT2D eigenvalue weighted by molar-refractivity contribution is 9.10. The molecule has 0 spiro atoms. The van der Waals surface area contributed by atoms with Gasteiger partial charge in [-0.25, -0.2) is 0 Å². The minimum absolute atomic E-state index is 0.119. The number of hydrogen-bond donors (Lipinski definition) is 1. The molecule has 3 rings (SSSR count). The molecule has 0 aliphatic rings. The zero-order valence-corrected chi connectivity index (χ0v) is 13.2. The molecule has 0 aliphatic heterocycles. The van der Waals surface area contributed by atoms with Gasteiger partial charge in [0.2, 0.25) is 0 Å². The van der Waals surface area contributed by atoms with Gasteiger partial charge in [0.25, 0.3) is 5.91 Å². The van der Waals surface area contributed by atoms with Crippen molar-refractivity contribution in [3.63, 3.8) is 0 Å². The van der Waals surface area contributed by atoms with Crippen LogP contribution in [0, 0.1) is 0 Å². The van der Waals surface area contributed by atoms with Crippen molar-refractivity contribution in [1.82, 2.24) is 10.3 Å². The molecule has 5 heteroatoms. The first-order chi connectivity index (χ1) is 10.7. The van der Waals surface area contributed by atoms with E-state index in [2.05, 4.69) is 26.2 Å². The topological polar surface area (TPSA) is 55.1 Å². The van der Waals surface area contributed by atoms with Gasteiger partial charge in [-0.3, -0.25) is 9.78 Å². The molecular formula is C17H13BrN2O2. The normalized spacial score (nSPS) is 10.4. The molecule has 1 aromatic carbocycles. The van der Waals surface area contributed by atoms with Gasteiger partial charge < -0.3 is 9.73 Å². The average molecular weight is 357 g/mol. The van der Waals surface area contributed by atoms with Crippen molar-refractivity contribution < 1.29 is 9.21 Å². The van der Waals surface area contributed by atoms with Gasteiger partial charge in [0.05, 0.1) is 23.8 Å². The van der Waals surface area contributed by atoms with Crippen LogP contribution in [0.5, 0.6) is 0 Å². The second-order valence-corrected chi connectivity index (χ2v) is 5.58. The summed E-state index contributed by atoms with van der Waals surface area (Å²) in [6.07, 6.45) is 5.02. The Balaban J connectivity index is 1.64. The molecule has 0 atom stereocenters. The fraction of sp³-hybridized carbons (Fsp3) is 0.0588. The number of hydrogen-bond acceptors (Lipinski definition) is 3. The van der Waals surface area contributed by atoms with Crippen LogP contribution in [0.2, 0.25) is 0 Å². The van der Waals surface area contributed by atoms with Crippen LogP contribution in [0.1, 0.15) is 15.9 Å². The van der Waals surface area contributed by atoms with Crippen molar-refractivity contribution in [2.75, 3.05) is 0 Å². The van der Waals surface area contributed by atoms with E-state index >= 15 is 0 Å². The Labute approximate surface area is 136 Å². The molecule has 1 amide bonds. The summed E-state index contributed by atoms with van der Waals surface area (Å²) in [5.41, 5.74) is 3.33. The summed E-state index contributed by atoms with van der Waals surface area (Å²) >= 11 is 3.37. The number of carbonyl (C=O) groups excluding carboxylic acids is 1. The Morgan fingerprint density at radius 2 is 2.05 bits per heavy atom. The van der Waals surface area contributed by atoms with E-state index in [4.69, 9.17) is 4.42 Å². The second kappa shape index (κ2) is 6.58. The number of benzene rings is 1. The lowest BCUT2D eigenvalue weighted by Crippen LogP contribution is -2.23. The highest BCUT2D eigenvalue weighted by Gasteiger charge is 2.08. The van der Waals surface area contributed by atoms with E-state index in [9.17, 15) is 4.79 Å². The van der Waals surface area contributed by atoms with Crippen LogP contribution >= 0.6 is 15.9 Å². The first-order valence-electron chi connectivity index (χ1n) is 6.74. The van der Waals surface area contributed by atoms with Gasteiger partial charge in [-0.15, -0.1) is 0 Å². The summed E-state index contributed by atoms with van der Waals surface area (Å²) in [7, 11) is 0. The monoisotopic (exact) mass is 356 g/mol. The van der Waals surface area contributed by atoms with Gasteiger partial charge in [0.15, 0.2) is 0 Å². The quantitative estimate of drug-likeness (QED) is 0.767. The van der Waals surface area contributed by atoms with Gasteiger partial charge in [-0.05, 0) is 45.8 Å². The number of rotatable bonds is 4. The summed E-state index contributed by atoms with van der Waals surface area (Å²) in [6, 6.07) is 13.0. The lowest BCUT2D eigenvalue weighted by atomic mass is 10.2. The maximum Gasteiger partial charge on any atom is 0.252 e. The van der Waals surface area contributed by atoms with Crippen molar-refractivity contribution in [3.8, 4) is 11.3 Å². The summed E-state index contributed by atoms with van der Waals surface area (Å²) < 4.78 is 5.82. The molecule has 1 N–H and O–H groups in total. The largest absolute Gasteiger partial charge is 0.472 e. The fourth-order valence-corrected chi connectivity index (χ4v) is 2.50. The Morgan fingerprint density at radius 1 is 1.18 bits per heavy atom. The third-order valence-electron chi connectivity index (χ3n) is 3.21. The third-order valence-corrected chi connectivity index (χ3v) is 3.90. The van der Waals surface area contributed by atoms with Gasteiger partial charge in [0, 0.05) is 22.8 Å². The molecule has 0 saturated heterocycles. The smallest absolute Gasteiger partial charge is 0.252 e. The van der Waals surface area contributed by atoms with Gasteiger partial charge in [0.1, 0.15) is 0 Å². The Morgan fingerprint density at radius 3 is 2.73 bits per heavy atom. The minimum Gasteiger partial charge on any atom is -0.472 e. The van der Waals surface area contributed by atoms with E-state index < -0.39 is 0 Å². The van der Waals surface area contributed by atoms with E-state index in [-0.39, 0.29) is 5.91 Å². The van der Waals surface area contributed by atoms with E-state index in [0.717, 1.165) is 21.3 Å². The molecule has 110 valence electrons. The maximum absolute atomic E-state index is 12.1. The Bertz CT molecular complexity index is 768. The SMILES string of the molecule is O=C(NCc1ccc(-c2ccoc2)nc1)c1ccccc1Br. The van der Waals surface area contributed by atoms with Crippen LogP contribution in [0.4, 0.5) is 0 Å². The average Bonchev–Trinajstić information content (AvgIpc) is 3.08. The zero-order chi connectivity index (χ0) is 15.4. The highest BCUT2D eigenvalue weighted by atomic mass is 79.9. The van der Waals surface area contributed by atoms with E-state index in [1.165, 1.54) is 0 Å². The molecule has 2 aromatic heterocycles. The maximum atomic E-state index is 12.1. The molecule has 0 fully saturated rings. The van der Waals surface area contributed by atoms with Crippen molar-refractivity contribution in [3.05, 3.63) is 76.8 Å². The first kappa shape index (κ1) is 14.5. The second-order valence-electron chi connectivity index (χ2n) is 4.73. The standard InChI is InChI=1S/C17H13BrN2O2/c18-15-4-2-1-3-14(15)17(21)20-10-12-5-6-16(19-9-12)13-7-8-22-11-13/h1-9,11H,10H2,(H,20,21). The molecule has 3 aromatic rings. The van der Waals surface area contributed by atoms with Crippen LogP contribution in [-0.4, -0.2) is 10.9 Å². The molecule has 0 unspecified atom stereocenters. The van der Waals surface area contributed by atoms with E-state index in [0.29, 0.717) is 12.1 Å². The number of pyridine rings is 1. The van der Waals surface area contributed by atoms with Crippen molar-refractivity contribution in [2.45, 2.75) is 6.54 Å². The summed E-state index contributed by atoms with van der Waals surface area (Å²) in [5.74, 6) is -0.119. The molecule has 0 radical (unpaired) electrons. The number of aromatic nitrogens is 1. The first-order valence-corrected chi connectivity index (χ1v) is 7.53. The number of halogens is 1. The molecule has 2 heterocycles. The van der Waals surface area contributed by atoms with Crippen molar-refractivity contribution >= 4 is 21.8 Å². The van der Waals surface area contributed by atoms with Crippen molar-refractivity contribution in [1.29, 1.82) is 0 Å². The van der Waals surface area contributed by atoms with E-state index in [1.54, 1.807) is 24.8 Å². The number of nitrogens with one attached hydrogen (secondary N) is 1. The third kappa shape index (κ3) is 3.26. The van der Waals surface area contributed by atoms with Gasteiger partial charge >= 0.3 is 0 Å². The molecule has 0 bridgehead atoms. The molecule has 0 aliphatic carbocycles. The van der Waals surface area contributed by atoms with Crippen LogP contribution in [-0.2, 0) is 6.54 Å². The van der Waals surface area contributed by atoms with Crippen LogP contribution in [0.15, 0.2) is 70.1 Å². The number of carbonyl (C=O) groups is 1. The fourth-order valence-electron chi connectivity index (χ4n) is 2.03. The van der Waals surface area contributed by atoms with E-state index in [1.807, 2.05) is 36.4 Å². The van der Waals surface area contributed by atoms with Crippen LogP contribution < -0.4 is 5.32 Å². The lowest BCUT2D eigenvalue weighted by Gasteiger charge is -2.07. The highest BCUT2D eigenvalue weighted by Crippen LogP contribution is 2.18. The molecule has 4 nitrogen and oxygen atoms in total. The Kier molecular flexibility index (Phi) is 4.34. The molecule has 22 heavy (non-hydrogen) atoms. The lowest BCUT2D eigenvalue weighted by molar-refractivity contribution is 0.0950. The Hall–Kier alpha value is -2.40. The van der Waals surface area contributed by atoms with Crippen molar-refractivity contribution in [2.24, 2.45) is 0 Å². The van der Waals surface area contributed by atoms with Gasteiger partial charge in [-0.1, -0.05) is 18.2 Å². The molecule has 0 saturated carbocycles. The number of amides is 1. The predicted molar refractivity (Wildman–Crippen MR) is 87.3 cm³/mol. The minimum atomic E-state index is -0.119. The van der Waals surface area contributed by atoms with Crippen LogP contribution in [0.3, 0.4) is 0 Å². The van der Waals surface area contributed by atoms with Gasteiger partial charge in [-0.2, -0.15) is 0 Å².